The lowest BCUT2D eigenvalue weighted by Gasteiger charge is -2.41. The summed E-state index contributed by atoms with van der Waals surface area (Å²) in [5.41, 5.74) is 1.36. The zero-order valence-corrected chi connectivity index (χ0v) is 24.2. The number of carbonyl (C=O) groups excluding carboxylic acids is 3. The van der Waals surface area contributed by atoms with Gasteiger partial charge < -0.3 is 28.4 Å². The molecule has 0 spiro atoms. The van der Waals surface area contributed by atoms with Crippen molar-refractivity contribution in [2.75, 3.05) is 13.7 Å². The van der Waals surface area contributed by atoms with Gasteiger partial charge >= 0.3 is 23.9 Å². The van der Waals surface area contributed by atoms with E-state index in [1.165, 1.54) is 7.11 Å². The van der Waals surface area contributed by atoms with Gasteiger partial charge in [0.05, 0.1) is 16.7 Å². The van der Waals surface area contributed by atoms with E-state index in [0.717, 1.165) is 0 Å². The number of ether oxygens (including phenoxy) is 7. The van der Waals surface area contributed by atoms with Gasteiger partial charge in [-0.2, -0.15) is 0 Å². The van der Waals surface area contributed by atoms with Gasteiger partial charge in [-0.3, -0.25) is 4.74 Å². The molecule has 0 radical (unpaired) electrons. The van der Waals surface area contributed by atoms with Crippen LogP contribution in [0, 0.1) is 0 Å². The van der Waals surface area contributed by atoms with Gasteiger partial charge in [-0.15, -0.1) is 0 Å². The van der Waals surface area contributed by atoms with Crippen LogP contribution < -0.4 is 0 Å². The highest BCUT2D eigenvalue weighted by Gasteiger charge is 2.61. The third-order valence-electron chi connectivity index (χ3n) is 7.44. The molecule has 0 aliphatic carbocycles. The van der Waals surface area contributed by atoms with Crippen molar-refractivity contribution in [2.24, 2.45) is 0 Å². The fourth-order valence-electron chi connectivity index (χ4n) is 5.21. The molecule has 0 aromatic heterocycles. The monoisotopic (exact) mass is 610 g/mol. The van der Waals surface area contributed by atoms with Gasteiger partial charge in [0.1, 0.15) is 12.7 Å². The Morgan fingerprint density at radius 2 is 1.09 bits per heavy atom. The van der Waals surface area contributed by atoms with Crippen molar-refractivity contribution < 1.29 is 47.5 Å². The third kappa shape index (κ3) is 6.50. The number of fused-ring (bicyclic) bond motifs is 1. The molecule has 0 bridgehead atoms. The summed E-state index contributed by atoms with van der Waals surface area (Å²) in [7, 11) is 1.40. The lowest BCUT2D eigenvalue weighted by molar-refractivity contribution is -0.357. The molecule has 2 fully saturated rings. The van der Waals surface area contributed by atoms with E-state index >= 15 is 0 Å². The van der Waals surface area contributed by atoms with Crippen molar-refractivity contribution in [1.29, 1.82) is 0 Å². The molecule has 0 amide bonds. The first-order chi connectivity index (χ1) is 22.0. The summed E-state index contributed by atoms with van der Waals surface area (Å²) in [6.07, 6.45) is -5.99. The Balaban J connectivity index is 1.36. The SMILES string of the molecule is COC1(c2ccccc2)O[C@@H]2O[C@H](COC(=O)c3ccccc3)[C@@H](OC(=O)c3ccccc3)[C@H](OC(=O)c3ccccc3)[C@@H]2O1. The predicted octanol–water partition coefficient (Wildman–Crippen LogP) is 4.89. The van der Waals surface area contributed by atoms with Gasteiger partial charge in [0.25, 0.3) is 0 Å². The van der Waals surface area contributed by atoms with Crippen LogP contribution in [0.1, 0.15) is 36.6 Å². The van der Waals surface area contributed by atoms with Crippen LogP contribution >= 0.6 is 0 Å². The number of benzene rings is 4. The molecule has 10 heteroatoms. The molecule has 0 N–H and O–H groups in total. The maximum Gasteiger partial charge on any atom is 0.338 e. The highest BCUT2D eigenvalue weighted by Crippen LogP contribution is 2.44. The first kappa shape index (κ1) is 30.2. The van der Waals surface area contributed by atoms with Crippen molar-refractivity contribution in [3.8, 4) is 0 Å². The van der Waals surface area contributed by atoms with Crippen LogP contribution in [0.4, 0.5) is 0 Å². The topological polar surface area (TPSA) is 116 Å². The standard InChI is InChI=1S/C35H30O10/c1-39-35(26-20-12-5-13-21-26)44-30-29(43-33(38)25-18-10-4-11-19-25)28(42-32(37)24-16-8-3-9-17-24)27(41-34(30)45-35)22-40-31(36)23-14-6-2-7-15-23/h2-21,27-30,34H,22H2,1H3/t27-,28-,29+,30+,34+,35?/m1/s1. The van der Waals surface area contributed by atoms with Gasteiger partial charge in [0.15, 0.2) is 24.6 Å². The minimum Gasteiger partial charge on any atom is -0.459 e. The highest BCUT2D eigenvalue weighted by molar-refractivity contribution is 5.91. The van der Waals surface area contributed by atoms with Crippen LogP contribution in [0.3, 0.4) is 0 Å². The summed E-state index contributed by atoms with van der Waals surface area (Å²) in [5, 5.41) is 0. The molecule has 45 heavy (non-hydrogen) atoms. The number of hydrogen-bond donors (Lipinski definition) is 0. The fraction of sp³-hybridized carbons (Fsp3) is 0.229. The first-order valence-corrected chi connectivity index (χ1v) is 14.3. The Hall–Kier alpha value is -4.87. The summed E-state index contributed by atoms with van der Waals surface area (Å²) in [5.74, 6) is -3.76. The molecule has 0 saturated carbocycles. The molecule has 10 nitrogen and oxygen atoms in total. The second-order valence-corrected chi connectivity index (χ2v) is 10.3. The summed E-state index contributed by atoms with van der Waals surface area (Å²) in [6, 6.07) is 34.0. The summed E-state index contributed by atoms with van der Waals surface area (Å²) < 4.78 is 42.2. The van der Waals surface area contributed by atoms with Crippen molar-refractivity contribution in [2.45, 2.75) is 36.7 Å². The molecule has 4 aromatic carbocycles. The minimum absolute atomic E-state index is 0.256. The fourth-order valence-corrected chi connectivity index (χ4v) is 5.21. The zero-order valence-electron chi connectivity index (χ0n) is 24.2. The van der Waals surface area contributed by atoms with Crippen LogP contribution in [0.5, 0.6) is 0 Å². The number of rotatable bonds is 9. The molecule has 230 valence electrons. The molecule has 2 heterocycles. The predicted molar refractivity (Wildman–Crippen MR) is 158 cm³/mol. The van der Waals surface area contributed by atoms with Crippen LogP contribution in [-0.2, 0) is 39.1 Å². The molecular weight excluding hydrogens is 580 g/mol. The maximum absolute atomic E-state index is 13.4. The average Bonchev–Trinajstić information content (AvgIpc) is 3.49. The molecule has 2 aliphatic rings. The van der Waals surface area contributed by atoms with E-state index in [2.05, 4.69) is 0 Å². The highest BCUT2D eigenvalue weighted by atomic mass is 16.9. The van der Waals surface area contributed by atoms with Gasteiger partial charge in [0.2, 0.25) is 0 Å². The second kappa shape index (κ2) is 13.4. The van der Waals surface area contributed by atoms with Crippen LogP contribution in [0.15, 0.2) is 121 Å². The van der Waals surface area contributed by atoms with Crippen LogP contribution in [-0.4, -0.2) is 62.3 Å². The van der Waals surface area contributed by atoms with E-state index in [1.807, 2.05) is 6.07 Å². The zero-order chi connectivity index (χ0) is 31.2. The molecule has 6 rings (SSSR count). The average molecular weight is 611 g/mol. The largest absolute Gasteiger partial charge is 0.459 e. The summed E-state index contributed by atoms with van der Waals surface area (Å²) >= 11 is 0. The van der Waals surface area contributed by atoms with Crippen molar-refractivity contribution in [3.63, 3.8) is 0 Å². The maximum atomic E-state index is 13.4. The van der Waals surface area contributed by atoms with E-state index < -0.39 is 54.6 Å². The van der Waals surface area contributed by atoms with Crippen LogP contribution in [0.2, 0.25) is 0 Å². The third-order valence-corrected chi connectivity index (χ3v) is 7.44. The van der Waals surface area contributed by atoms with Gasteiger partial charge in [-0.1, -0.05) is 84.9 Å². The van der Waals surface area contributed by atoms with E-state index in [-0.39, 0.29) is 17.7 Å². The van der Waals surface area contributed by atoms with E-state index in [0.29, 0.717) is 11.1 Å². The van der Waals surface area contributed by atoms with Gasteiger partial charge in [-0.25, -0.2) is 14.4 Å². The van der Waals surface area contributed by atoms with Gasteiger partial charge in [-0.05, 0) is 36.4 Å². The minimum atomic E-state index is -1.74. The smallest absolute Gasteiger partial charge is 0.338 e. The lowest BCUT2D eigenvalue weighted by Crippen LogP contribution is -2.60. The number of esters is 3. The van der Waals surface area contributed by atoms with E-state index in [4.69, 9.17) is 33.2 Å². The van der Waals surface area contributed by atoms with Crippen LogP contribution in [0.25, 0.3) is 0 Å². The molecular formula is C35H30O10. The molecule has 4 aromatic rings. The van der Waals surface area contributed by atoms with Gasteiger partial charge in [0, 0.05) is 12.7 Å². The number of hydrogen-bond acceptors (Lipinski definition) is 10. The first-order valence-electron chi connectivity index (χ1n) is 14.3. The Kier molecular flexibility index (Phi) is 8.99. The number of carbonyl (C=O) groups is 3. The molecule has 2 aliphatic heterocycles. The summed E-state index contributed by atoms with van der Waals surface area (Å²) in [6.45, 7) is -0.363. The molecule has 1 unspecified atom stereocenters. The normalized spacial score (nSPS) is 25.5. The lowest BCUT2D eigenvalue weighted by atomic mass is 9.98. The Labute approximate surface area is 259 Å². The van der Waals surface area contributed by atoms with E-state index in [9.17, 15) is 14.4 Å². The Bertz CT molecular complexity index is 1600. The van der Waals surface area contributed by atoms with Crippen molar-refractivity contribution in [3.05, 3.63) is 144 Å². The number of methoxy groups -OCH3 is 1. The molecule has 6 atom stereocenters. The molecule has 2 saturated heterocycles. The summed E-state index contributed by atoms with van der Waals surface area (Å²) in [4.78, 5) is 39.7. The quantitative estimate of drug-likeness (QED) is 0.192. The second-order valence-electron chi connectivity index (χ2n) is 10.3. The van der Waals surface area contributed by atoms with Crippen molar-refractivity contribution >= 4 is 17.9 Å². The van der Waals surface area contributed by atoms with E-state index in [1.54, 1.807) is 115 Å². The Morgan fingerprint density at radius 1 is 0.622 bits per heavy atom. The Morgan fingerprint density at radius 3 is 1.60 bits per heavy atom. The van der Waals surface area contributed by atoms with Crippen molar-refractivity contribution in [1.82, 2.24) is 0 Å².